The number of hydrogen-bond acceptors (Lipinski definition) is 8. The monoisotopic (exact) mass is 639 g/mol. The number of halogens is 3. The summed E-state index contributed by atoms with van der Waals surface area (Å²) in [6, 6.07) is 18.3. The molecule has 0 spiro atoms. The largest absolute Gasteiger partial charge is 0.573 e. The van der Waals surface area contributed by atoms with Gasteiger partial charge in [-0.2, -0.15) is 10.1 Å². The Morgan fingerprint density at radius 2 is 1.89 bits per heavy atom. The minimum atomic E-state index is -4.76. The molecule has 1 saturated heterocycles. The fraction of sp³-hybridized carbons (Fsp3) is 0.172. The van der Waals surface area contributed by atoms with Gasteiger partial charge in [-0.05, 0) is 60.6 Å². The van der Waals surface area contributed by atoms with E-state index in [1.807, 2.05) is 37.3 Å². The number of carbonyl (C=O) groups is 1. The van der Waals surface area contributed by atoms with Gasteiger partial charge in [-0.1, -0.05) is 48.2 Å². The highest BCUT2D eigenvalue weighted by Gasteiger charge is 2.32. The van der Waals surface area contributed by atoms with E-state index in [9.17, 15) is 18.0 Å². The number of thiocarbonyl (C=S) groups is 1. The minimum absolute atomic E-state index is 0.0914. The lowest BCUT2D eigenvalue weighted by Crippen LogP contribution is -2.31. The standard InChI is InChI=1S/C29H24F3N7O3S2/c1-18-3-6-21(15-41-2)24(13-18)39-25(40)16-44-28(39)35-27(43)36-34-14-19-4-7-20(8-5-19)26-33-17-38(37-26)22-9-11-23(12-10-22)42-29(30,31)32/h3-14,17H,15-16H2,1-2H3,(H,36,43)/b34-14+,35-28-. The number of nitrogens with zero attached hydrogens (tertiary/aromatic N) is 6. The summed E-state index contributed by atoms with van der Waals surface area (Å²) in [6.07, 6.45) is -1.73. The molecule has 2 heterocycles. The number of benzene rings is 3. The van der Waals surface area contributed by atoms with Gasteiger partial charge in [-0.3, -0.25) is 15.1 Å². The molecule has 0 aliphatic carbocycles. The third-order valence-corrected chi connectivity index (χ3v) is 7.22. The number of aromatic nitrogens is 3. The van der Waals surface area contributed by atoms with E-state index in [0.29, 0.717) is 29.0 Å². The minimum Gasteiger partial charge on any atom is -0.406 e. The van der Waals surface area contributed by atoms with Crippen LogP contribution in [0.25, 0.3) is 17.1 Å². The first-order chi connectivity index (χ1) is 21.1. The predicted molar refractivity (Wildman–Crippen MR) is 166 cm³/mol. The summed E-state index contributed by atoms with van der Waals surface area (Å²) < 4.78 is 47.8. The Kier molecular flexibility index (Phi) is 9.37. The molecule has 1 amide bonds. The number of anilines is 1. The molecular formula is C29H24F3N7O3S2. The van der Waals surface area contributed by atoms with Gasteiger partial charge in [0, 0.05) is 18.2 Å². The normalized spacial score (nSPS) is 14.5. The zero-order valence-electron chi connectivity index (χ0n) is 23.3. The maximum absolute atomic E-state index is 12.7. The Balaban J connectivity index is 1.21. The number of ether oxygens (including phenoxy) is 2. The van der Waals surface area contributed by atoms with Crippen LogP contribution in [0, 0.1) is 6.92 Å². The molecule has 0 radical (unpaired) electrons. The van der Waals surface area contributed by atoms with Crippen LogP contribution in [-0.4, -0.2) is 56.4 Å². The Morgan fingerprint density at radius 3 is 2.59 bits per heavy atom. The molecular weight excluding hydrogens is 615 g/mol. The smallest absolute Gasteiger partial charge is 0.406 e. The molecule has 1 aromatic heterocycles. The number of hydrazone groups is 1. The second-order valence-corrected chi connectivity index (χ2v) is 10.7. The second-order valence-electron chi connectivity index (χ2n) is 9.33. The SMILES string of the molecule is COCc1ccc(C)cc1N1C(=O)CS/C1=N\C(=S)N/N=C/c1ccc(-c2ncn(-c3ccc(OC(F)(F)F)cc3)n2)cc1. The van der Waals surface area contributed by atoms with Gasteiger partial charge in [-0.25, -0.2) is 9.67 Å². The summed E-state index contributed by atoms with van der Waals surface area (Å²) in [4.78, 5) is 23.0. The molecule has 0 unspecified atom stereocenters. The van der Waals surface area contributed by atoms with E-state index >= 15 is 0 Å². The first-order valence-electron chi connectivity index (χ1n) is 12.9. The molecule has 226 valence electrons. The number of rotatable bonds is 8. The average molecular weight is 640 g/mol. The summed E-state index contributed by atoms with van der Waals surface area (Å²) in [5.41, 5.74) is 7.28. The third-order valence-electron chi connectivity index (χ3n) is 6.11. The second kappa shape index (κ2) is 13.4. The van der Waals surface area contributed by atoms with Crippen LogP contribution in [0.3, 0.4) is 0 Å². The number of amides is 1. The van der Waals surface area contributed by atoms with Crippen molar-refractivity contribution in [2.75, 3.05) is 17.8 Å². The molecule has 1 aliphatic heterocycles. The molecule has 5 rings (SSSR count). The average Bonchev–Trinajstić information content (AvgIpc) is 3.61. The number of nitrogens with one attached hydrogen (secondary N) is 1. The van der Waals surface area contributed by atoms with E-state index in [2.05, 4.69) is 30.3 Å². The molecule has 0 bridgehead atoms. The van der Waals surface area contributed by atoms with Crippen molar-refractivity contribution in [3.05, 3.63) is 89.7 Å². The number of carbonyl (C=O) groups excluding carboxylic acids is 1. The van der Waals surface area contributed by atoms with E-state index < -0.39 is 6.36 Å². The number of amidine groups is 1. The lowest BCUT2D eigenvalue weighted by molar-refractivity contribution is -0.274. The van der Waals surface area contributed by atoms with Crippen molar-refractivity contribution in [2.45, 2.75) is 19.9 Å². The third kappa shape index (κ3) is 7.67. The zero-order valence-corrected chi connectivity index (χ0v) is 24.9. The number of alkyl halides is 3. The van der Waals surface area contributed by atoms with Crippen LogP contribution in [0.5, 0.6) is 5.75 Å². The fourth-order valence-corrected chi connectivity index (χ4v) is 5.22. The Bertz CT molecular complexity index is 1720. The number of aryl methyl sites for hydroxylation is 1. The van der Waals surface area contributed by atoms with Gasteiger partial charge in [0.15, 0.2) is 11.0 Å². The topological polar surface area (TPSA) is 106 Å². The van der Waals surface area contributed by atoms with Gasteiger partial charge in [0.25, 0.3) is 0 Å². The van der Waals surface area contributed by atoms with Crippen molar-refractivity contribution < 1.29 is 27.4 Å². The summed E-state index contributed by atoms with van der Waals surface area (Å²) >= 11 is 6.64. The van der Waals surface area contributed by atoms with Crippen molar-refractivity contribution >= 4 is 52.1 Å². The number of hydrogen-bond donors (Lipinski definition) is 1. The molecule has 1 aliphatic rings. The van der Waals surface area contributed by atoms with Gasteiger partial charge >= 0.3 is 6.36 Å². The zero-order chi connectivity index (χ0) is 31.3. The van der Waals surface area contributed by atoms with Crippen LogP contribution >= 0.6 is 24.0 Å². The molecule has 4 aromatic rings. The summed E-state index contributed by atoms with van der Waals surface area (Å²) in [6.45, 7) is 2.29. The van der Waals surface area contributed by atoms with Gasteiger partial charge < -0.3 is 9.47 Å². The van der Waals surface area contributed by atoms with E-state index in [4.69, 9.17) is 17.0 Å². The Morgan fingerprint density at radius 1 is 1.14 bits per heavy atom. The van der Waals surface area contributed by atoms with Gasteiger partial charge in [0.05, 0.1) is 29.9 Å². The molecule has 1 fully saturated rings. The molecule has 3 aromatic carbocycles. The molecule has 0 saturated carbocycles. The first kappa shape index (κ1) is 30.8. The van der Waals surface area contributed by atoms with E-state index in [-0.39, 0.29) is 22.5 Å². The fourth-order valence-electron chi connectivity index (χ4n) is 4.15. The van der Waals surface area contributed by atoms with Crippen molar-refractivity contribution in [3.63, 3.8) is 0 Å². The summed E-state index contributed by atoms with van der Waals surface area (Å²) in [7, 11) is 1.60. The van der Waals surface area contributed by atoms with Crippen LogP contribution in [0.15, 0.2) is 83.2 Å². The van der Waals surface area contributed by atoms with E-state index in [1.54, 1.807) is 30.4 Å². The van der Waals surface area contributed by atoms with Gasteiger partial charge in [0.2, 0.25) is 11.0 Å². The van der Waals surface area contributed by atoms with Crippen LogP contribution in [0.4, 0.5) is 18.9 Å². The highest BCUT2D eigenvalue weighted by molar-refractivity contribution is 8.15. The quantitative estimate of drug-likeness (QED) is 0.150. The molecule has 44 heavy (non-hydrogen) atoms. The van der Waals surface area contributed by atoms with Crippen LogP contribution in [0.1, 0.15) is 16.7 Å². The van der Waals surface area contributed by atoms with Gasteiger partial charge in [-0.15, -0.1) is 18.3 Å². The lowest BCUT2D eigenvalue weighted by Gasteiger charge is -2.20. The number of methoxy groups -OCH3 is 1. The Labute approximate surface area is 259 Å². The first-order valence-corrected chi connectivity index (χ1v) is 14.3. The molecule has 10 nitrogen and oxygen atoms in total. The van der Waals surface area contributed by atoms with Gasteiger partial charge in [0.1, 0.15) is 12.1 Å². The highest BCUT2D eigenvalue weighted by atomic mass is 32.2. The van der Waals surface area contributed by atoms with Crippen molar-refractivity contribution in [3.8, 4) is 22.8 Å². The number of aliphatic imine (C=N–C) groups is 1. The van der Waals surface area contributed by atoms with E-state index in [1.165, 1.54) is 47.0 Å². The maximum Gasteiger partial charge on any atom is 0.573 e. The lowest BCUT2D eigenvalue weighted by atomic mass is 10.1. The molecule has 1 N–H and O–H groups in total. The highest BCUT2D eigenvalue weighted by Crippen LogP contribution is 2.31. The van der Waals surface area contributed by atoms with Crippen molar-refractivity contribution in [2.24, 2.45) is 10.1 Å². The van der Waals surface area contributed by atoms with Crippen LogP contribution in [-0.2, 0) is 16.1 Å². The van der Waals surface area contributed by atoms with Crippen LogP contribution < -0.4 is 15.1 Å². The van der Waals surface area contributed by atoms with Crippen molar-refractivity contribution in [1.82, 2.24) is 20.2 Å². The maximum atomic E-state index is 12.7. The van der Waals surface area contributed by atoms with Crippen LogP contribution in [0.2, 0.25) is 0 Å². The molecule has 0 atom stereocenters. The summed E-state index contributed by atoms with van der Waals surface area (Å²) in [5, 5.41) is 9.11. The summed E-state index contributed by atoms with van der Waals surface area (Å²) in [5.74, 6) is 0.244. The number of thioether (sulfide) groups is 1. The predicted octanol–water partition coefficient (Wildman–Crippen LogP) is 5.63. The Hall–Kier alpha value is -4.60. The van der Waals surface area contributed by atoms with Crippen molar-refractivity contribution in [1.29, 1.82) is 0 Å². The van der Waals surface area contributed by atoms with E-state index in [0.717, 1.165) is 22.3 Å². The molecule has 15 heteroatoms.